The van der Waals surface area contributed by atoms with Gasteiger partial charge in [0, 0.05) is 10.2 Å². The molecule has 1 unspecified atom stereocenters. The van der Waals surface area contributed by atoms with Gasteiger partial charge in [0.25, 0.3) is 5.91 Å². The van der Waals surface area contributed by atoms with E-state index in [1.807, 2.05) is 42.7 Å². The number of hydrogen-bond acceptors (Lipinski definition) is 4. The maximum absolute atomic E-state index is 12.9. The molecule has 2 amide bonds. The molecule has 0 saturated carbocycles. The number of para-hydroxylation sites is 1. The molecule has 7 heteroatoms. The lowest BCUT2D eigenvalue weighted by Gasteiger charge is -2.19. The second kappa shape index (κ2) is 11.6. The zero-order valence-electron chi connectivity index (χ0n) is 17.0. The van der Waals surface area contributed by atoms with E-state index in [9.17, 15) is 9.59 Å². The predicted octanol–water partition coefficient (Wildman–Crippen LogP) is 5.73. The summed E-state index contributed by atoms with van der Waals surface area (Å²) in [7, 11) is 0. The molecular weight excluding hydrogens is 476 g/mol. The highest BCUT2D eigenvalue weighted by molar-refractivity contribution is 9.10. The Morgan fingerprint density at radius 3 is 2.26 bits per heavy atom. The largest absolute Gasteiger partial charge is 0.457 e. The molecule has 0 aromatic heterocycles. The van der Waals surface area contributed by atoms with Crippen LogP contribution in [0.25, 0.3) is 0 Å². The van der Waals surface area contributed by atoms with Crippen molar-refractivity contribution in [2.24, 2.45) is 0 Å². The van der Waals surface area contributed by atoms with Gasteiger partial charge in [0.05, 0.1) is 5.56 Å². The summed E-state index contributed by atoms with van der Waals surface area (Å²) in [5.41, 5.74) is 1.13. The van der Waals surface area contributed by atoms with E-state index in [0.29, 0.717) is 27.9 Å². The number of rotatable bonds is 9. The first kappa shape index (κ1) is 22.9. The minimum atomic E-state index is -0.646. The van der Waals surface area contributed by atoms with E-state index >= 15 is 0 Å². The molecule has 0 radical (unpaired) electrons. The molecule has 3 aromatic rings. The summed E-state index contributed by atoms with van der Waals surface area (Å²) in [6, 6.07) is 23.1. The van der Waals surface area contributed by atoms with Crippen molar-refractivity contribution >= 4 is 45.2 Å². The molecule has 0 fully saturated rings. The van der Waals surface area contributed by atoms with E-state index in [1.54, 1.807) is 54.2 Å². The molecule has 0 aliphatic heterocycles. The lowest BCUT2D eigenvalue weighted by Crippen LogP contribution is -2.44. The Hall–Kier alpha value is -2.77. The number of benzene rings is 3. The van der Waals surface area contributed by atoms with E-state index in [2.05, 4.69) is 26.6 Å². The molecule has 0 heterocycles. The first-order chi connectivity index (χ1) is 15.1. The SMILES string of the molecule is CSCCC(NC(=O)c1ccccc1Br)C(=O)Nc1ccc(Oc2ccccc2)cc1. The van der Waals surface area contributed by atoms with Crippen LogP contribution in [0, 0.1) is 0 Å². The molecule has 1 atom stereocenters. The molecular formula is C24H23BrN2O3S. The van der Waals surface area contributed by atoms with Crippen molar-refractivity contribution in [1.29, 1.82) is 0 Å². The number of carbonyl (C=O) groups is 2. The Balaban J connectivity index is 1.64. The smallest absolute Gasteiger partial charge is 0.253 e. The lowest BCUT2D eigenvalue weighted by molar-refractivity contribution is -0.118. The molecule has 0 saturated heterocycles. The zero-order chi connectivity index (χ0) is 22.1. The second-order valence-corrected chi connectivity index (χ2v) is 8.56. The monoisotopic (exact) mass is 498 g/mol. The van der Waals surface area contributed by atoms with Crippen molar-refractivity contribution < 1.29 is 14.3 Å². The van der Waals surface area contributed by atoms with Crippen LogP contribution in [-0.4, -0.2) is 29.9 Å². The second-order valence-electron chi connectivity index (χ2n) is 6.72. The summed E-state index contributed by atoms with van der Waals surface area (Å²) < 4.78 is 6.46. The van der Waals surface area contributed by atoms with Gasteiger partial charge < -0.3 is 15.4 Å². The summed E-state index contributed by atoms with van der Waals surface area (Å²) in [5.74, 6) is 1.61. The van der Waals surface area contributed by atoms with Crippen LogP contribution in [0.3, 0.4) is 0 Å². The number of amides is 2. The Morgan fingerprint density at radius 2 is 1.58 bits per heavy atom. The van der Waals surface area contributed by atoms with E-state index in [4.69, 9.17) is 4.74 Å². The van der Waals surface area contributed by atoms with Gasteiger partial charge in [-0.3, -0.25) is 9.59 Å². The van der Waals surface area contributed by atoms with Gasteiger partial charge in [-0.1, -0.05) is 30.3 Å². The number of carbonyl (C=O) groups excluding carboxylic acids is 2. The number of thioether (sulfide) groups is 1. The lowest BCUT2D eigenvalue weighted by atomic mass is 10.1. The van der Waals surface area contributed by atoms with Crippen LogP contribution >= 0.6 is 27.7 Å². The Labute approximate surface area is 194 Å². The Bertz CT molecular complexity index is 1010. The van der Waals surface area contributed by atoms with Gasteiger partial charge >= 0.3 is 0 Å². The number of hydrogen-bond donors (Lipinski definition) is 2. The van der Waals surface area contributed by atoms with Gasteiger partial charge in [-0.2, -0.15) is 11.8 Å². The van der Waals surface area contributed by atoms with Crippen molar-refractivity contribution in [1.82, 2.24) is 5.32 Å². The van der Waals surface area contributed by atoms with Crippen LogP contribution in [0.1, 0.15) is 16.8 Å². The van der Waals surface area contributed by atoms with Gasteiger partial charge in [0.2, 0.25) is 5.91 Å². The average Bonchev–Trinajstić information content (AvgIpc) is 2.78. The third-order valence-corrected chi connectivity index (χ3v) is 5.79. The minimum Gasteiger partial charge on any atom is -0.457 e. The first-order valence-electron chi connectivity index (χ1n) is 9.75. The maximum Gasteiger partial charge on any atom is 0.253 e. The molecule has 0 spiro atoms. The number of nitrogens with one attached hydrogen (secondary N) is 2. The fourth-order valence-electron chi connectivity index (χ4n) is 2.85. The average molecular weight is 499 g/mol. The van der Waals surface area contributed by atoms with Crippen LogP contribution in [0.5, 0.6) is 11.5 Å². The van der Waals surface area contributed by atoms with Crippen LogP contribution in [-0.2, 0) is 4.79 Å². The molecule has 3 aromatic carbocycles. The molecule has 0 aliphatic rings. The van der Waals surface area contributed by atoms with E-state index in [-0.39, 0.29) is 11.8 Å². The highest BCUT2D eigenvalue weighted by atomic mass is 79.9. The quantitative estimate of drug-likeness (QED) is 0.395. The molecule has 5 nitrogen and oxygen atoms in total. The molecule has 0 bridgehead atoms. The Morgan fingerprint density at radius 1 is 0.935 bits per heavy atom. The first-order valence-corrected chi connectivity index (χ1v) is 11.9. The minimum absolute atomic E-state index is 0.258. The summed E-state index contributed by atoms with van der Waals surface area (Å²) in [4.78, 5) is 25.5. The van der Waals surface area contributed by atoms with Gasteiger partial charge in [-0.05, 0) is 82.9 Å². The van der Waals surface area contributed by atoms with Crippen LogP contribution in [0.2, 0.25) is 0 Å². The van der Waals surface area contributed by atoms with Gasteiger partial charge in [0.1, 0.15) is 17.5 Å². The van der Waals surface area contributed by atoms with Gasteiger partial charge in [-0.25, -0.2) is 0 Å². The zero-order valence-corrected chi connectivity index (χ0v) is 19.4. The molecule has 31 heavy (non-hydrogen) atoms. The van der Waals surface area contributed by atoms with Crippen LogP contribution in [0.4, 0.5) is 5.69 Å². The number of halogens is 1. The van der Waals surface area contributed by atoms with Gasteiger partial charge in [0.15, 0.2) is 0 Å². The number of ether oxygens (including phenoxy) is 1. The summed E-state index contributed by atoms with van der Waals surface area (Å²) in [5, 5.41) is 5.74. The fourth-order valence-corrected chi connectivity index (χ4v) is 3.78. The highest BCUT2D eigenvalue weighted by Gasteiger charge is 2.22. The maximum atomic E-state index is 12.9. The molecule has 3 rings (SSSR count). The van der Waals surface area contributed by atoms with Crippen LogP contribution in [0.15, 0.2) is 83.3 Å². The molecule has 160 valence electrons. The van der Waals surface area contributed by atoms with E-state index in [1.165, 1.54) is 0 Å². The third-order valence-electron chi connectivity index (χ3n) is 4.45. The summed E-state index contributed by atoms with van der Waals surface area (Å²) in [6.45, 7) is 0. The highest BCUT2D eigenvalue weighted by Crippen LogP contribution is 2.23. The summed E-state index contributed by atoms with van der Waals surface area (Å²) in [6.07, 6.45) is 2.49. The standard InChI is InChI=1S/C24H23BrN2O3S/c1-31-16-15-22(27-23(28)20-9-5-6-10-21(20)25)24(29)26-17-11-13-19(14-12-17)30-18-7-3-2-4-8-18/h2-14,22H,15-16H2,1H3,(H,26,29)(H,27,28). The fraction of sp³-hybridized carbons (Fsp3) is 0.167. The molecule has 0 aliphatic carbocycles. The Kier molecular flexibility index (Phi) is 8.55. The van der Waals surface area contributed by atoms with E-state index in [0.717, 1.165) is 11.5 Å². The topological polar surface area (TPSA) is 67.4 Å². The normalized spacial score (nSPS) is 11.4. The predicted molar refractivity (Wildman–Crippen MR) is 130 cm³/mol. The van der Waals surface area contributed by atoms with Crippen LogP contribution < -0.4 is 15.4 Å². The van der Waals surface area contributed by atoms with Crippen molar-refractivity contribution in [3.63, 3.8) is 0 Å². The van der Waals surface area contributed by atoms with Crippen molar-refractivity contribution in [2.75, 3.05) is 17.3 Å². The van der Waals surface area contributed by atoms with E-state index < -0.39 is 6.04 Å². The van der Waals surface area contributed by atoms with Crippen molar-refractivity contribution in [3.05, 3.63) is 88.9 Å². The molecule has 2 N–H and O–H groups in total. The number of anilines is 1. The van der Waals surface area contributed by atoms with Crippen molar-refractivity contribution in [3.8, 4) is 11.5 Å². The summed E-state index contributed by atoms with van der Waals surface area (Å²) >= 11 is 5.01. The third kappa shape index (κ3) is 6.87. The van der Waals surface area contributed by atoms with Crippen molar-refractivity contribution in [2.45, 2.75) is 12.5 Å². The van der Waals surface area contributed by atoms with Gasteiger partial charge in [-0.15, -0.1) is 0 Å².